The fourth-order valence-electron chi connectivity index (χ4n) is 1.97. The lowest BCUT2D eigenvalue weighted by Crippen LogP contribution is -2.24. The number of methoxy groups -OCH3 is 1. The van der Waals surface area contributed by atoms with Crippen LogP contribution in [-0.2, 0) is 6.42 Å². The first-order valence-corrected chi connectivity index (χ1v) is 6.81. The molecule has 0 heterocycles. The highest BCUT2D eigenvalue weighted by molar-refractivity contribution is 7.98. The van der Waals surface area contributed by atoms with E-state index in [0.717, 1.165) is 25.0 Å². The van der Waals surface area contributed by atoms with Crippen molar-refractivity contribution in [3.63, 3.8) is 0 Å². The molecule has 2 nitrogen and oxygen atoms in total. The van der Waals surface area contributed by atoms with Gasteiger partial charge in [0.2, 0.25) is 0 Å². The van der Waals surface area contributed by atoms with Gasteiger partial charge in [0.05, 0.1) is 7.11 Å². The number of thioether (sulfide) groups is 1. The third-order valence-corrected chi connectivity index (χ3v) is 4.11. The first-order chi connectivity index (χ1) is 7.58. The molecule has 1 aromatic rings. The first kappa shape index (κ1) is 11.8. The monoisotopic (exact) mass is 237 g/mol. The Morgan fingerprint density at radius 2 is 2.12 bits per heavy atom. The van der Waals surface area contributed by atoms with Crippen molar-refractivity contribution in [3.8, 4) is 5.75 Å². The minimum atomic E-state index is 0.0399. The van der Waals surface area contributed by atoms with E-state index in [2.05, 4.69) is 25.3 Å². The molecule has 0 amide bonds. The fourth-order valence-corrected chi connectivity index (χ4v) is 2.61. The largest absolute Gasteiger partial charge is 0.496 e. The van der Waals surface area contributed by atoms with Gasteiger partial charge in [-0.05, 0) is 55.7 Å². The van der Waals surface area contributed by atoms with Crippen LogP contribution in [0.1, 0.15) is 24.0 Å². The molecule has 16 heavy (non-hydrogen) atoms. The van der Waals surface area contributed by atoms with E-state index in [-0.39, 0.29) is 5.54 Å². The zero-order valence-electron chi connectivity index (χ0n) is 10.2. The summed E-state index contributed by atoms with van der Waals surface area (Å²) in [4.78, 5) is 1.32. The summed E-state index contributed by atoms with van der Waals surface area (Å²) >= 11 is 1.78. The number of benzene rings is 1. The quantitative estimate of drug-likeness (QED) is 0.818. The zero-order valence-corrected chi connectivity index (χ0v) is 11.0. The average Bonchev–Trinajstić information content (AvgIpc) is 2.98. The highest BCUT2D eigenvalue weighted by Gasteiger charge is 2.38. The van der Waals surface area contributed by atoms with Gasteiger partial charge >= 0.3 is 0 Å². The topological polar surface area (TPSA) is 35.2 Å². The number of hydrogen-bond donors (Lipinski definition) is 1. The van der Waals surface area contributed by atoms with Crippen molar-refractivity contribution >= 4 is 11.8 Å². The van der Waals surface area contributed by atoms with Crippen LogP contribution in [0.5, 0.6) is 5.75 Å². The molecular weight excluding hydrogens is 218 g/mol. The molecule has 1 aromatic carbocycles. The summed E-state index contributed by atoms with van der Waals surface area (Å²) in [5, 5.41) is 0. The summed E-state index contributed by atoms with van der Waals surface area (Å²) in [6.45, 7) is 2.12. The molecule has 1 saturated carbocycles. The van der Waals surface area contributed by atoms with Crippen molar-refractivity contribution < 1.29 is 4.74 Å². The van der Waals surface area contributed by atoms with E-state index in [9.17, 15) is 0 Å². The normalized spacial score (nSPS) is 17.2. The Bertz CT molecular complexity index is 399. The molecule has 0 bridgehead atoms. The number of nitrogens with two attached hydrogens (primary N) is 1. The predicted octanol–water partition coefficient (Wildman–Crippen LogP) is 2.76. The Morgan fingerprint density at radius 3 is 2.62 bits per heavy atom. The molecule has 1 aliphatic carbocycles. The third kappa shape index (κ3) is 2.36. The summed E-state index contributed by atoms with van der Waals surface area (Å²) < 4.78 is 5.43. The summed E-state index contributed by atoms with van der Waals surface area (Å²) in [5.41, 5.74) is 8.73. The molecule has 0 unspecified atom stereocenters. The minimum Gasteiger partial charge on any atom is -0.496 e. The lowest BCUT2D eigenvalue weighted by molar-refractivity contribution is 0.406. The van der Waals surface area contributed by atoms with Gasteiger partial charge < -0.3 is 10.5 Å². The van der Waals surface area contributed by atoms with Gasteiger partial charge in [0.25, 0.3) is 0 Å². The summed E-state index contributed by atoms with van der Waals surface area (Å²) in [7, 11) is 1.73. The van der Waals surface area contributed by atoms with E-state index in [1.807, 2.05) is 0 Å². The van der Waals surface area contributed by atoms with Gasteiger partial charge in [-0.2, -0.15) is 0 Å². The molecule has 0 atom stereocenters. The van der Waals surface area contributed by atoms with Gasteiger partial charge in [-0.3, -0.25) is 0 Å². The second-order valence-corrected chi connectivity index (χ2v) is 5.52. The van der Waals surface area contributed by atoms with Gasteiger partial charge in [-0.25, -0.2) is 0 Å². The standard InChI is InChI=1S/C13H19NOS/c1-9-6-11(15-2)10(7-12(9)16-3)8-13(14)4-5-13/h6-7H,4-5,8,14H2,1-3H3. The van der Waals surface area contributed by atoms with E-state index >= 15 is 0 Å². The summed E-state index contributed by atoms with van der Waals surface area (Å²) in [6, 6.07) is 4.35. The van der Waals surface area contributed by atoms with Gasteiger partial charge in [0.1, 0.15) is 5.75 Å². The molecule has 88 valence electrons. The fraction of sp³-hybridized carbons (Fsp3) is 0.538. The van der Waals surface area contributed by atoms with Crippen LogP contribution in [0.3, 0.4) is 0 Å². The molecule has 0 saturated heterocycles. The summed E-state index contributed by atoms with van der Waals surface area (Å²) in [6.07, 6.45) is 5.31. The minimum absolute atomic E-state index is 0.0399. The smallest absolute Gasteiger partial charge is 0.122 e. The van der Waals surface area contributed by atoms with Crippen molar-refractivity contribution in [2.45, 2.75) is 36.6 Å². The molecule has 0 aliphatic heterocycles. The van der Waals surface area contributed by atoms with E-state index in [4.69, 9.17) is 10.5 Å². The van der Waals surface area contributed by atoms with Crippen molar-refractivity contribution in [2.75, 3.05) is 13.4 Å². The summed E-state index contributed by atoms with van der Waals surface area (Å²) in [5.74, 6) is 0.979. The highest BCUT2D eigenvalue weighted by atomic mass is 32.2. The predicted molar refractivity (Wildman–Crippen MR) is 69.4 cm³/mol. The van der Waals surface area contributed by atoms with Crippen LogP contribution in [0.25, 0.3) is 0 Å². The molecule has 0 spiro atoms. The van der Waals surface area contributed by atoms with E-state index in [1.165, 1.54) is 16.0 Å². The Morgan fingerprint density at radius 1 is 1.44 bits per heavy atom. The van der Waals surface area contributed by atoms with Crippen LogP contribution < -0.4 is 10.5 Å². The van der Waals surface area contributed by atoms with E-state index in [0.29, 0.717) is 0 Å². The van der Waals surface area contributed by atoms with Gasteiger partial charge in [-0.1, -0.05) is 0 Å². The van der Waals surface area contributed by atoms with Crippen molar-refractivity contribution in [1.82, 2.24) is 0 Å². The van der Waals surface area contributed by atoms with Crippen LogP contribution in [0.4, 0.5) is 0 Å². The van der Waals surface area contributed by atoms with Crippen LogP contribution in [-0.4, -0.2) is 18.9 Å². The maximum absolute atomic E-state index is 6.17. The Balaban J connectivity index is 2.33. The van der Waals surface area contributed by atoms with Gasteiger partial charge in [-0.15, -0.1) is 11.8 Å². The lowest BCUT2D eigenvalue weighted by Gasteiger charge is -2.15. The second-order valence-electron chi connectivity index (χ2n) is 4.67. The Kier molecular flexibility index (Phi) is 3.17. The van der Waals surface area contributed by atoms with Crippen LogP contribution in [0.2, 0.25) is 0 Å². The molecule has 1 aliphatic rings. The van der Waals surface area contributed by atoms with Crippen molar-refractivity contribution in [1.29, 1.82) is 0 Å². The number of hydrogen-bond acceptors (Lipinski definition) is 3. The number of ether oxygens (including phenoxy) is 1. The third-order valence-electron chi connectivity index (χ3n) is 3.23. The molecule has 2 rings (SSSR count). The van der Waals surface area contributed by atoms with Crippen LogP contribution >= 0.6 is 11.8 Å². The zero-order chi connectivity index (χ0) is 11.8. The maximum atomic E-state index is 6.17. The molecule has 1 fully saturated rings. The molecular formula is C13H19NOS. The van der Waals surface area contributed by atoms with Crippen molar-refractivity contribution in [2.24, 2.45) is 5.73 Å². The Labute approximate surface area is 102 Å². The van der Waals surface area contributed by atoms with Gasteiger partial charge in [0.15, 0.2) is 0 Å². The highest BCUT2D eigenvalue weighted by Crippen LogP contribution is 2.39. The van der Waals surface area contributed by atoms with E-state index in [1.54, 1.807) is 18.9 Å². The van der Waals surface area contributed by atoms with Gasteiger partial charge in [0, 0.05) is 10.4 Å². The molecule has 0 aromatic heterocycles. The average molecular weight is 237 g/mol. The first-order valence-electron chi connectivity index (χ1n) is 5.58. The van der Waals surface area contributed by atoms with Crippen LogP contribution in [0.15, 0.2) is 17.0 Å². The molecule has 3 heteroatoms. The SMILES string of the molecule is COc1cc(C)c(SC)cc1CC1(N)CC1. The van der Waals surface area contributed by atoms with E-state index < -0.39 is 0 Å². The number of rotatable bonds is 4. The van der Waals surface area contributed by atoms with Crippen molar-refractivity contribution in [3.05, 3.63) is 23.3 Å². The Hall–Kier alpha value is -0.670. The maximum Gasteiger partial charge on any atom is 0.122 e. The molecule has 0 radical (unpaired) electrons. The van der Waals surface area contributed by atoms with Crippen LogP contribution in [0, 0.1) is 6.92 Å². The second kappa shape index (κ2) is 4.30. The lowest BCUT2D eigenvalue weighted by atomic mass is 10.0. The molecule has 2 N–H and O–H groups in total. The number of aryl methyl sites for hydroxylation is 1.